The number of pyridine rings is 2. The van der Waals surface area contributed by atoms with Crippen LogP contribution in [0.4, 0.5) is 23.3 Å². The Balaban J connectivity index is 0.000000174. The van der Waals surface area contributed by atoms with E-state index >= 15 is 0 Å². The van der Waals surface area contributed by atoms with E-state index in [9.17, 15) is 8.42 Å². The van der Waals surface area contributed by atoms with Crippen LogP contribution in [0.15, 0.2) is 61.4 Å². The van der Waals surface area contributed by atoms with Crippen LogP contribution in [-0.2, 0) is 42.2 Å². The Morgan fingerprint density at radius 2 is 1.24 bits per heavy atom. The van der Waals surface area contributed by atoms with E-state index in [1.807, 2.05) is 12.1 Å². The van der Waals surface area contributed by atoms with Gasteiger partial charge in [-0.1, -0.05) is 0 Å². The van der Waals surface area contributed by atoms with E-state index in [4.69, 9.17) is 40.5 Å². The van der Waals surface area contributed by atoms with Gasteiger partial charge in [0, 0.05) is 49.8 Å². The summed E-state index contributed by atoms with van der Waals surface area (Å²) in [6.45, 7) is 10.7. The standard InChI is InChI=1S/C25H30N8O4S.C19H23ClN6O2/c1-16(2)33-20-11-22(27-13-19(20)29-23(33)15-37-24-5-3-4-10-36-24)30-21-8-9-26-25(31-21)17-12-28-32(14-17)38(34,35)18-6-7-18;1-12(2)26-14-9-16(24-15-6-7-21-19(20)25-15)22-10-13(14)23-17(26)11-28-18-5-3-4-8-27-18/h8-9,11-14,16,18,24H,3-7,10,15H2,1-2H3,(H,26,27,30,31);6-7,9-10,12,18H,3-5,8,11H2,1-2H3,(H,21,22,24,25). The molecule has 2 atom stereocenters. The lowest BCUT2D eigenvalue weighted by molar-refractivity contribution is -0.170. The second kappa shape index (κ2) is 20.0. The molecule has 2 N–H and O–H groups in total. The molecule has 348 valence electrons. The van der Waals surface area contributed by atoms with Crippen molar-refractivity contribution in [1.29, 1.82) is 0 Å². The Labute approximate surface area is 386 Å². The van der Waals surface area contributed by atoms with E-state index in [1.54, 1.807) is 36.9 Å². The molecule has 9 heterocycles. The first kappa shape index (κ1) is 45.4. The number of hydrogen-bond acceptors (Lipinski definition) is 17. The van der Waals surface area contributed by atoms with Crippen LogP contribution in [-0.4, -0.2) is 97.7 Å². The first-order valence-corrected chi connectivity index (χ1v) is 24.2. The molecule has 0 amide bonds. The number of imidazole rings is 2. The number of aromatic nitrogens is 12. The average molecular weight is 942 g/mol. The predicted octanol–water partition coefficient (Wildman–Crippen LogP) is 8.04. The minimum absolute atomic E-state index is 0.146. The Kier molecular flexibility index (Phi) is 13.8. The summed E-state index contributed by atoms with van der Waals surface area (Å²) >= 11 is 5.85. The van der Waals surface area contributed by atoms with Crippen molar-refractivity contribution < 1.29 is 27.4 Å². The lowest BCUT2D eigenvalue weighted by Gasteiger charge is -2.23. The zero-order chi connectivity index (χ0) is 45.8. The average Bonchev–Trinajstić information content (AvgIpc) is 3.78. The summed E-state index contributed by atoms with van der Waals surface area (Å²) in [5.41, 5.74) is 4.03. The summed E-state index contributed by atoms with van der Waals surface area (Å²) in [5, 5.41) is 10.3. The highest BCUT2D eigenvalue weighted by molar-refractivity contribution is 7.90. The third-order valence-corrected chi connectivity index (χ3v) is 13.4. The van der Waals surface area contributed by atoms with E-state index in [0.29, 0.717) is 60.7 Å². The van der Waals surface area contributed by atoms with Gasteiger partial charge in [-0.25, -0.2) is 48.3 Å². The second-order valence-electron chi connectivity index (χ2n) is 16.9. The summed E-state index contributed by atoms with van der Waals surface area (Å²) in [4.78, 5) is 35.3. The van der Waals surface area contributed by atoms with Crippen molar-refractivity contribution >= 4 is 67.0 Å². The van der Waals surface area contributed by atoms with Crippen LogP contribution in [0.2, 0.25) is 5.28 Å². The first-order valence-electron chi connectivity index (χ1n) is 22.3. The van der Waals surface area contributed by atoms with Crippen molar-refractivity contribution in [1.82, 2.24) is 58.2 Å². The van der Waals surface area contributed by atoms with Crippen molar-refractivity contribution in [2.24, 2.45) is 0 Å². The Morgan fingerprint density at radius 3 is 1.74 bits per heavy atom. The van der Waals surface area contributed by atoms with E-state index in [-0.39, 0.29) is 35.2 Å². The van der Waals surface area contributed by atoms with Crippen molar-refractivity contribution in [2.75, 3.05) is 23.8 Å². The maximum absolute atomic E-state index is 12.5. The molecule has 2 unspecified atom stereocenters. The van der Waals surface area contributed by atoms with Crippen molar-refractivity contribution in [3.05, 3.63) is 78.4 Å². The Morgan fingerprint density at radius 1 is 0.697 bits per heavy atom. The minimum atomic E-state index is -3.45. The zero-order valence-corrected chi connectivity index (χ0v) is 38.8. The van der Waals surface area contributed by atoms with Crippen LogP contribution in [0.1, 0.15) is 103 Å². The van der Waals surface area contributed by atoms with Gasteiger partial charge in [0.25, 0.3) is 10.0 Å². The molecule has 10 rings (SSSR count). The number of rotatable bonds is 15. The van der Waals surface area contributed by atoms with Gasteiger partial charge < -0.3 is 38.7 Å². The molecule has 0 spiro atoms. The van der Waals surface area contributed by atoms with Gasteiger partial charge in [-0.3, -0.25) is 0 Å². The molecule has 0 aromatic carbocycles. The van der Waals surface area contributed by atoms with Gasteiger partial charge in [-0.2, -0.15) is 9.19 Å². The molecule has 66 heavy (non-hydrogen) atoms. The van der Waals surface area contributed by atoms with Crippen LogP contribution in [0.25, 0.3) is 33.5 Å². The fraction of sp³-hybridized carbons (Fsp3) is 0.477. The quantitative estimate of drug-likeness (QED) is 0.0927. The molecule has 1 saturated carbocycles. The largest absolute Gasteiger partial charge is 0.353 e. The summed E-state index contributed by atoms with van der Waals surface area (Å²) in [6.07, 6.45) is 16.9. The molecule has 0 bridgehead atoms. The number of halogens is 1. The van der Waals surface area contributed by atoms with Crippen LogP contribution in [0.3, 0.4) is 0 Å². The SMILES string of the molecule is CC(C)n1c(COC2CCCCO2)nc2cnc(Nc3ccnc(-c4cnn(S(=O)(=O)C5CC5)c4)n3)cc21.CC(C)n1c(COC2CCCCO2)nc2cnc(Nc3ccnc(Cl)n3)cc21. The number of fused-ring (bicyclic) bond motifs is 2. The molecular weight excluding hydrogens is 888 g/mol. The van der Waals surface area contributed by atoms with Gasteiger partial charge in [0.1, 0.15) is 59.2 Å². The van der Waals surface area contributed by atoms with E-state index in [1.165, 1.54) is 12.4 Å². The highest BCUT2D eigenvalue weighted by atomic mass is 35.5. The molecule has 0 radical (unpaired) electrons. The minimum Gasteiger partial charge on any atom is -0.353 e. The molecule has 22 heteroatoms. The van der Waals surface area contributed by atoms with Crippen LogP contribution >= 0.6 is 11.6 Å². The summed E-state index contributed by atoms with van der Waals surface area (Å²) in [5.74, 6) is 4.42. The lowest BCUT2D eigenvalue weighted by atomic mass is 10.2. The van der Waals surface area contributed by atoms with E-state index in [2.05, 4.69) is 82.5 Å². The molecule has 20 nitrogen and oxygen atoms in total. The van der Waals surface area contributed by atoms with Gasteiger partial charge in [-0.15, -0.1) is 0 Å². The molecule has 3 aliphatic rings. The first-order chi connectivity index (χ1) is 32.0. The van der Waals surface area contributed by atoms with Crippen LogP contribution in [0.5, 0.6) is 0 Å². The number of nitrogens with one attached hydrogen (secondary N) is 2. The Bertz CT molecular complexity index is 2890. The van der Waals surface area contributed by atoms with Crippen molar-refractivity contribution in [3.63, 3.8) is 0 Å². The molecule has 2 saturated heterocycles. The molecule has 7 aromatic heterocycles. The van der Waals surface area contributed by atoms with Crippen LogP contribution < -0.4 is 10.6 Å². The maximum atomic E-state index is 12.5. The topological polar surface area (TPSA) is 226 Å². The van der Waals surface area contributed by atoms with Gasteiger partial charge in [0.15, 0.2) is 18.4 Å². The zero-order valence-electron chi connectivity index (χ0n) is 37.2. The highest BCUT2D eigenvalue weighted by Crippen LogP contribution is 2.31. The molecule has 7 aromatic rings. The van der Waals surface area contributed by atoms with Gasteiger partial charge in [0.2, 0.25) is 5.28 Å². The van der Waals surface area contributed by atoms with Crippen molar-refractivity contribution in [3.8, 4) is 11.4 Å². The fourth-order valence-corrected chi connectivity index (χ4v) is 9.55. The number of nitrogens with zero attached hydrogens (tertiary/aromatic N) is 12. The molecule has 2 aliphatic heterocycles. The number of ether oxygens (including phenoxy) is 4. The van der Waals surface area contributed by atoms with Gasteiger partial charge in [-0.05, 0) is 103 Å². The van der Waals surface area contributed by atoms with E-state index in [0.717, 1.165) is 89.5 Å². The highest BCUT2D eigenvalue weighted by Gasteiger charge is 2.37. The predicted molar refractivity (Wildman–Crippen MR) is 247 cm³/mol. The number of anilines is 4. The second-order valence-corrected chi connectivity index (χ2v) is 19.3. The summed E-state index contributed by atoms with van der Waals surface area (Å²) in [6, 6.07) is 7.74. The normalized spacial score (nSPS) is 17.9. The number of hydrogen-bond donors (Lipinski definition) is 2. The van der Waals surface area contributed by atoms with E-state index < -0.39 is 10.0 Å². The lowest BCUT2D eigenvalue weighted by Crippen LogP contribution is -2.23. The maximum Gasteiger partial charge on any atom is 0.256 e. The third-order valence-electron chi connectivity index (χ3n) is 11.2. The third kappa shape index (κ3) is 10.6. The van der Waals surface area contributed by atoms with Crippen molar-refractivity contribution in [2.45, 2.75) is 122 Å². The van der Waals surface area contributed by atoms with Gasteiger partial charge >= 0.3 is 0 Å². The monoisotopic (exact) mass is 940 g/mol. The summed E-state index contributed by atoms with van der Waals surface area (Å²) < 4.78 is 53.6. The smallest absolute Gasteiger partial charge is 0.256 e. The molecular formula is C44H53ClN14O6S. The molecule has 1 aliphatic carbocycles. The fourth-order valence-electron chi connectivity index (χ4n) is 7.92. The Hall–Kier alpha value is -5.71. The van der Waals surface area contributed by atoms with Gasteiger partial charge in [0.05, 0.1) is 46.6 Å². The van der Waals surface area contributed by atoms with Crippen LogP contribution in [0, 0.1) is 0 Å². The molecule has 3 fully saturated rings. The summed E-state index contributed by atoms with van der Waals surface area (Å²) in [7, 11) is -3.45.